The van der Waals surface area contributed by atoms with Crippen LogP contribution in [0.1, 0.15) is 16.5 Å². The zero-order valence-corrected chi connectivity index (χ0v) is 12.6. The van der Waals surface area contributed by atoms with E-state index in [1.807, 2.05) is 36.7 Å². The fraction of sp³-hybridized carbons (Fsp3) is 0.286. The third kappa shape index (κ3) is 2.86. The van der Waals surface area contributed by atoms with Crippen molar-refractivity contribution in [1.29, 1.82) is 0 Å². The fourth-order valence-corrected chi connectivity index (χ4v) is 3.25. The van der Waals surface area contributed by atoms with Gasteiger partial charge in [0, 0.05) is 5.02 Å². The molecule has 0 aliphatic heterocycles. The van der Waals surface area contributed by atoms with Crippen molar-refractivity contribution in [2.45, 2.75) is 6.04 Å². The molecule has 2 rings (SSSR count). The summed E-state index contributed by atoms with van der Waals surface area (Å²) in [6, 6.07) is 7.67. The summed E-state index contributed by atoms with van der Waals surface area (Å²) in [5.41, 5.74) is 1.01. The number of ether oxygens (including phenoxy) is 2. The van der Waals surface area contributed by atoms with Crippen molar-refractivity contribution >= 4 is 22.9 Å². The van der Waals surface area contributed by atoms with Gasteiger partial charge in [-0.05, 0) is 36.2 Å². The van der Waals surface area contributed by atoms with Crippen molar-refractivity contribution in [1.82, 2.24) is 5.32 Å². The van der Waals surface area contributed by atoms with Crippen LogP contribution >= 0.6 is 22.9 Å². The van der Waals surface area contributed by atoms with Crippen molar-refractivity contribution in [2.75, 3.05) is 21.3 Å². The molecule has 0 radical (unpaired) electrons. The van der Waals surface area contributed by atoms with Gasteiger partial charge >= 0.3 is 0 Å². The van der Waals surface area contributed by atoms with Crippen LogP contribution in [0.3, 0.4) is 0 Å². The minimum atomic E-state index is 0.00774. The molecule has 3 nitrogen and oxygen atoms in total. The van der Waals surface area contributed by atoms with E-state index in [1.54, 1.807) is 25.6 Å². The van der Waals surface area contributed by atoms with Gasteiger partial charge in [0.15, 0.2) is 0 Å². The third-order valence-electron chi connectivity index (χ3n) is 2.95. The van der Waals surface area contributed by atoms with Crippen LogP contribution in [0.2, 0.25) is 5.02 Å². The largest absolute Gasteiger partial charge is 0.497 e. The van der Waals surface area contributed by atoms with Crippen LogP contribution in [0.5, 0.6) is 11.5 Å². The van der Waals surface area contributed by atoms with E-state index in [0.717, 1.165) is 21.9 Å². The molecule has 2 aromatic rings. The number of hydrogen-bond donors (Lipinski definition) is 1. The maximum absolute atomic E-state index is 6.34. The molecule has 1 aromatic heterocycles. The van der Waals surface area contributed by atoms with Crippen LogP contribution in [-0.4, -0.2) is 21.3 Å². The molecule has 0 bridgehead atoms. The van der Waals surface area contributed by atoms with Crippen molar-refractivity contribution in [2.24, 2.45) is 0 Å². The first-order valence-electron chi connectivity index (χ1n) is 5.83. The van der Waals surface area contributed by atoms with Crippen LogP contribution in [0.15, 0.2) is 29.6 Å². The lowest BCUT2D eigenvalue weighted by atomic mass is 10.0. The highest BCUT2D eigenvalue weighted by Gasteiger charge is 2.20. The number of rotatable bonds is 5. The predicted octanol–water partition coefficient (Wildman–Crippen LogP) is 3.73. The first-order valence-corrected chi connectivity index (χ1v) is 7.09. The summed E-state index contributed by atoms with van der Waals surface area (Å²) in [4.78, 5) is 1.11. The molecule has 0 spiro atoms. The van der Waals surface area contributed by atoms with E-state index in [-0.39, 0.29) is 6.04 Å². The minimum Gasteiger partial charge on any atom is -0.497 e. The normalized spacial score (nSPS) is 12.2. The maximum Gasteiger partial charge on any atom is 0.134 e. The van der Waals surface area contributed by atoms with E-state index in [0.29, 0.717) is 5.02 Å². The van der Waals surface area contributed by atoms with Crippen LogP contribution in [-0.2, 0) is 0 Å². The molecule has 1 heterocycles. The van der Waals surface area contributed by atoms with Gasteiger partial charge in [0.2, 0.25) is 0 Å². The highest BCUT2D eigenvalue weighted by Crippen LogP contribution is 2.38. The van der Waals surface area contributed by atoms with Crippen molar-refractivity contribution in [3.63, 3.8) is 0 Å². The summed E-state index contributed by atoms with van der Waals surface area (Å²) in [6.07, 6.45) is 0. The predicted molar refractivity (Wildman–Crippen MR) is 79.8 cm³/mol. The van der Waals surface area contributed by atoms with Gasteiger partial charge < -0.3 is 14.8 Å². The molecule has 0 fully saturated rings. The monoisotopic (exact) mass is 297 g/mol. The summed E-state index contributed by atoms with van der Waals surface area (Å²) in [5, 5.41) is 5.96. The van der Waals surface area contributed by atoms with E-state index < -0.39 is 0 Å². The summed E-state index contributed by atoms with van der Waals surface area (Å²) < 4.78 is 10.5. The molecule has 0 aliphatic carbocycles. The zero-order chi connectivity index (χ0) is 13.8. The van der Waals surface area contributed by atoms with Crippen molar-refractivity contribution < 1.29 is 9.47 Å². The lowest BCUT2D eigenvalue weighted by molar-refractivity contribution is 0.408. The highest BCUT2D eigenvalue weighted by molar-refractivity contribution is 7.10. The summed E-state index contributed by atoms with van der Waals surface area (Å²) >= 11 is 7.98. The molecule has 1 N–H and O–H groups in total. The molecule has 102 valence electrons. The Morgan fingerprint density at radius 2 is 2.00 bits per heavy atom. The third-order valence-corrected chi connectivity index (χ3v) is 4.24. The van der Waals surface area contributed by atoms with Gasteiger partial charge in [-0.3, -0.25) is 0 Å². The molecule has 1 atom stereocenters. The SMILES string of the molecule is CNC(c1ccc(OC)cc1Cl)c1sccc1OC. The van der Waals surface area contributed by atoms with E-state index >= 15 is 0 Å². The second-order valence-corrected chi connectivity index (χ2v) is 5.32. The van der Waals surface area contributed by atoms with Crippen LogP contribution < -0.4 is 14.8 Å². The van der Waals surface area contributed by atoms with Gasteiger partial charge in [-0.25, -0.2) is 0 Å². The van der Waals surface area contributed by atoms with E-state index in [4.69, 9.17) is 21.1 Å². The Bertz CT molecular complexity index is 556. The van der Waals surface area contributed by atoms with Crippen LogP contribution in [0, 0.1) is 0 Å². The average Bonchev–Trinajstić information content (AvgIpc) is 2.89. The van der Waals surface area contributed by atoms with Crippen molar-refractivity contribution in [3.8, 4) is 11.5 Å². The van der Waals surface area contributed by atoms with E-state index in [1.165, 1.54) is 0 Å². The van der Waals surface area contributed by atoms with Crippen LogP contribution in [0.4, 0.5) is 0 Å². The standard InChI is InChI=1S/C14H16ClNO2S/c1-16-13(14-12(18-3)6-7-19-14)10-5-4-9(17-2)8-11(10)15/h4-8,13,16H,1-3H3. The highest BCUT2D eigenvalue weighted by atomic mass is 35.5. The zero-order valence-electron chi connectivity index (χ0n) is 11.1. The molecule has 1 aromatic carbocycles. The summed E-state index contributed by atoms with van der Waals surface area (Å²) in [5.74, 6) is 1.62. The van der Waals surface area contributed by atoms with E-state index in [9.17, 15) is 0 Å². The second kappa shape index (κ2) is 6.28. The fourth-order valence-electron chi connectivity index (χ4n) is 1.99. The first-order chi connectivity index (χ1) is 9.21. The van der Waals surface area contributed by atoms with Gasteiger partial charge in [-0.2, -0.15) is 0 Å². The van der Waals surface area contributed by atoms with Crippen LogP contribution in [0.25, 0.3) is 0 Å². The number of thiophene rings is 1. The maximum atomic E-state index is 6.34. The first kappa shape index (κ1) is 14.2. The quantitative estimate of drug-likeness (QED) is 0.912. The molecule has 1 unspecified atom stereocenters. The smallest absolute Gasteiger partial charge is 0.134 e. The molecular weight excluding hydrogens is 282 g/mol. The topological polar surface area (TPSA) is 30.5 Å². The minimum absolute atomic E-state index is 0.00774. The Hall–Kier alpha value is -1.23. The molecule has 19 heavy (non-hydrogen) atoms. The van der Waals surface area contributed by atoms with Gasteiger partial charge in [-0.1, -0.05) is 17.7 Å². The second-order valence-electron chi connectivity index (χ2n) is 3.96. The Labute approximate surface area is 122 Å². The number of methoxy groups -OCH3 is 2. The summed E-state index contributed by atoms with van der Waals surface area (Å²) in [6.45, 7) is 0. The Kier molecular flexibility index (Phi) is 4.69. The number of nitrogens with one attached hydrogen (secondary N) is 1. The molecule has 0 saturated heterocycles. The van der Waals surface area contributed by atoms with Gasteiger partial charge in [-0.15, -0.1) is 11.3 Å². The molecular formula is C14H16ClNO2S. The molecule has 0 amide bonds. The van der Waals surface area contributed by atoms with Crippen molar-refractivity contribution in [3.05, 3.63) is 45.1 Å². The molecule has 0 saturated carbocycles. The average molecular weight is 298 g/mol. The number of benzene rings is 1. The van der Waals surface area contributed by atoms with Gasteiger partial charge in [0.25, 0.3) is 0 Å². The Morgan fingerprint density at radius 1 is 1.21 bits per heavy atom. The number of hydrogen-bond acceptors (Lipinski definition) is 4. The molecule has 5 heteroatoms. The van der Waals surface area contributed by atoms with Gasteiger partial charge in [0.05, 0.1) is 25.1 Å². The molecule has 0 aliphatic rings. The Balaban J connectivity index is 2.42. The van der Waals surface area contributed by atoms with Gasteiger partial charge in [0.1, 0.15) is 11.5 Å². The van der Waals surface area contributed by atoms with E-state index in [2.05, 4.69) is 5.32 Å². The lowest BCUT2D eigenvalue weighted by Crippen LogP contribution is -2.17. The summed E-state index contributed by atoms with van der Waals surface area (Å²) in [7, 11) is 5.21. The Morgan fingerprint density at radius 3 is 2.58 bits per heavy atom. The number of halogens is 1. The lowest BCUT2D eigenvalue weighted by Gasteiger charge is -2.18.